The van der Waals surface area contributed by atoms with Gasteiger partial charge in [-0.1, -0.05) is 18.2 Å². The number of hydrogen-bond donors (Lipinski definition) is 2. The third-order valence-corrected chi connectivity index (χ3v) is 4.33. The molecule has 3 aliphatic heterocycles. The van der Waals surface area contributed by atoms with E-state index >= 15 is 0 Å². The fraction of sp³-hybridized carbons (Fsp3) is 0.429. The van der Waals surface area contributed by atoms with E-state index < -0.39 is 0 Å². The topological polar surface area (TPSA) is 39.3 Å². The van der Waals surface area contributed by atoms with Crippen LogP contribution in [0.3, 0.4) is 0 Å². The van der Waals surface area contributed by atoms with Gasteiger partial charge in [0.1, 0.15) is 5.82 Å². The molecule has 0 atom stereocenters. The van der Waals surface area contributed by atoms with E-state index in [-0.39, 0.29) is 6.61 Å². The monoisotopic (exact) mass is 228 g/mol. The number of aliphatic hydroxyl groups is 1. The van der Waals surface area contributed by atoms with E-state index in [1.54, 1.807) is 0 Å². The Labute approximate surface area is 100 Å². The molecule has 0 unspecified atom stereocenters. The maximum Gasteiger partial charge on any atom is 0.110 e. The van der Waals surface area contributed by atoms with E-state index in [1.165, 1.54) is 42.7 Å². The minimum atomic E-state index is 0.112. The standard InChI is InChI=1S/C14H16N2O/c17-8-10-2-1-3-11-12-9-4-6-16(7-5-9)14(12)15-13(10)11/h1-3,9,15,17H,4-8H2. The highest BCUT2D eigenvalue weighted by molar-refractivity contribution is 5.92. The normalized spacial score (nSPS) is 19.0. The van der Waals surface area contributed by atoms with Gasteiger partial charge >= 0.3 is 0 Å². The molecule has 17 heavy (non-hydrogen) atoms. The molecule has 1 saturated heterocycles. The molecule has 2 aromatic rings. The zero-order chi connectivity index (χ0) is 11.4. The maximum absolute atomic E-state index is 9.41. The average molecular weight is 228 g/mol. The number of hydrogen-bond acceptors (Lipinski definition) is 2. The van der Waals surface area contributed by atoms with Gasteiger partial charge < -0.3 is 15.0 Å². The molecule has 3 heteroatoms. The van der Waals surface area contributed by atoms with Crippen LogP contribution in [0, 0.1) is 0 Å². The summed E-state index contributed by atoms with van der Waals surface area (Å²) in [6.45, 7) is 2.47. The Balaban J connectivity index is 2.06. The van der Waals surface area contributed by atoms with E-state index in [4.69, 9.17) is 0 Å². The minimum absolute atomic E-state index is 0.112. The van der Waals surface area contributed by atoms with Gasteiger partial charge in [0, 0.05) is 29.6 Å². The first-order valence-electron chi connectivity index (χ1n) is 6.38. The van der Waals surface area contributed by atoms with E-state index in [0.29, 0.717) is 0 Å². The second-order valence-electron chi connectivity index (χ2n) is 5.15. The molecule has 1 aromatic carbocycles. The number of nitrogens with one attached hydrogen (secondary N) is 1. The average Bonchev–Trinajstić information content (AvgIpc) is 2.81. The third-order valence-electron chi connectivity index (χ3n) is 4.33. The summed E-state index contributed by atoms with van der Waals surface area (Å²) in [6.07, 6.45) is 2.56. The van der Waals surface area contributed by atoms with Gasteiger partial charge in [-0.25, -0.2) is 0 Å². The third kappa shape index (κ3) is 1.15. The SMILES string of the molecule is OCc1cccc2c3c([nH]c12)N1CCC3CC1. The number of aromatic amines is 1. The predicted octanol–water partition coefficient (Wildman–Crippen LogP) is 2.36. The van der Waals surface area contributed by atoms with Crippen molar-refractivity contribution >= 4 is 16.7 Å². The molecule has 5 rings (SSSR count). The Morgan fingerprint density at radius 2 is 2.12 bits per heavy atom. The summed E-state index contributed by atoms with van der Waals surface area (Å²) in [5.41, 5.74) is 3.64. The van der Waals surface area contributed by atoms with Gasteiger partial charge in [-0.05, 0) is 18.8 Å². The van der Waals surface area contributed by atoms with Crippen molar-refractivity contribution in [2.24, 2.45) is 0 Å². The van der Waals surface area contributed by atoms with Crippen molar-refractivity contribution in [1.82, 2.24) is 4.98 Å². The van der Waals surface area contributed by atoms with Crippen LogP contribution in [-0.2, 0) is 6.61 Å². The van der Waals surface area contributed by atoms with Crippen LogP contribution >= 0.6 is 0 Å². The van der Waals surface area contributed by atoms with Crippen LogP contribution in [0.4, 0.5) is 5.82 Å². The first kappa shape index (κ1) is 9.54. The molecular weight excluding hydrogens is 212 g/mol. The van der Waals surface area contributed by atoms with Gasteiger partial charge in [0.25, 0.3) is 0 Å². The lowest BCUT2D eigenvalue weighted by atomic mass is 9.84. The zero-order valence-electron chi connectivity index (χ0n) is 9.74. The van der Waals surface area contributed by atoms with Crippen molar-refractivity contribution in [3.05, 3.63) is 29.3 Å². The Morgan fingerprint density at radius 1 is 1.29 bits per heavy atom. The summed E-state index contributed by atoms with van der Waals surface area (Å²) >= 11 is 0. The number of nitrogens with zero attached hydrogens (tertiary/aromatic N) is 1. The van der Waals surface area contributed by atoms with E-state index in [1.807, 2.05) is 6.07 Å². The molecule has 0 amide bonds. The number of piperidine rings is 1. The van der Waals surface area contributed by atoms with Gasteiger partial charge in [-0.15, -0.1) is 0 Å². The summed E-state index contributed by atoms with van der Waals surface area (Å²) in [5.74, 6) is 2.03. The van der Waals surface area contributed by atoms with Crippen LogP contribution in [0.15, 0.2) is 18.2 Å². The highest BCUT2D eigenvalue weighted by Gasteiger charge is 2.33. The Morgan fingerprint density at radius 3 is 2.88 bits per heavy atom. The number of anilines is 1. The first-order valence-corrected chi connectivity index (χ1v) is 6.38. The number of aromatic nitrogens is 1. The smallest absolute Gasteiger partial charge is 0.110 e. The van der Waals surface area contributed by atoms with Crippen molar-refractivity contribution in [1.29, 1.82) is 0 Å². The van der Waals surface area contributed by atoms with Crippen LogP contribution in [0.25, 0.3) is 10.9 Å². The summed E-state index contributed by atoms with van der Waals surface area (Å²) in [5, 5.41) is 10.7. The maximum atomic E-state index is 9.41. The zero-order valence-corrected chi connectivity index (χ0v) is 9.74. The predicted molar refractivity (Wildman–Crippen MR) is 68.4 cm³/mol. The minimum Gasteiger partial charge on any atom is -0.392 e. The Kier molecular flexibility index (Phi) is 1.83. The van der Waals surface area contributed by atoms with Crippen molar-refractivity contribution in [2.45, 2.75) is 25.4 Å². The van der Waals surface area contributed by atoms with Crippen molar-refractivity contribution < 1.29 is 5.11 Å². The van der Waals surface area contributed by atoms with E-state index in [9.17, 15) is 5.11 Å². The van der Waals surface area contributed by atoms with Crippen LogP contribution in [-0.4, -0.2) is 23.2 Å². The lowest BCUT2D eigenvalue weighted by Gasteiger charge is -2.40. The van der Waals surface area contributed by atoms with E-state index in [2.05, 4.69) is 22.0 Å². The quantitative estimate of drug-likeness (QED) is 0.786. The molecule has 1 aromatic heterocycles. The Hall–Kier alpha value is -1.48. The number of fused-ring (bicyclic) bond motifs is 3. The molecule has 1 fully saturated rings. The Bertz CT molecular complexity index is 579. The molecule has 0 aliphatic carbocycles. The second-order valence-corrected chi connectivity index (χ2v) is 5.15. The molecule has 3 aliphatic rings. The largest absolute Gasteiger partial charge is 0.392 e. The number of aliphatic hydroxyl groups excluding tert-OH is 1. The lowest BCUT2D eigenvalue weighted by Crippen LogP contribution is -2.38. The lowest BCUT2D eigenvalue weighted by molar-refractivity contribution is 0.283. The summed E-state index contributed by atoms with van der Waals surface area (Å²) in [6, 6.07) is 6.24. The molecule has 0 spiro atoms. The molecule has 2 bridgehead atoms. The number of H-pyrrole nitrogens is 1. The molecule has 2 N–H and O–H groups in total. The van der Waals surface area contributed by atoms with Gasteiger partial charge in [0.2, 0.25) is 0 Å². The van der Waals surface area contributed by atoms with Gasteiger partial charge in [0.05, 0.1) is 12.1 Å². The van der Waals surface area contributed by atoms with Gasteiger partial charge in [0.15, 0.2) is 0 Å². The summed E-state index contributed by atoms with van der Waals surface area (Å²) in [7, 11) is 0. The number of benzene rings is 1. The summed E-state index contributed by atoms with van der Waals surface area (Å²) < 4.78 is 0. The molecular formula is C14H16N2O. The number of rotatable bonds is 1. The van der Waals surface area contributed by atoms with Crippen LogP contribution in [0.2, 0.25) is 0 Å². The van der Waals surface area contributed by atoms with Crippen molar-refractivity contribution in [3.63, 3.8) is 0 Å². The highest BCUT2D eigenvalue weighted by Crippen LogP contribution is 2.46. The van der Waals surface area contributed by atoms with Gasteiger partial charge in [-0.2, -0.15) is 0 Å². The summed E-state index contributed by atoms with van der Waals surface area (Å²) in [4.78, 5) is 5.99. The molecule has 4 heterocycles. The van der Waals surface area contributed by atoms with Gasteiger partial charge in [-0.3, -0.25) is 0 Å². The fourth-order valence-electron chi connectivity index (χ4n) is 3.47. The van der Waals surface area contributed by atoms with E-state index in [0.717, 1.165) is 17.0 Å². The van der Waals surface area contributed by atoms with Crippen molar-refractivity contribution in [2.75, 3.05) is 18.0 Å². The molecule has 0 saturated carbocycles. The van der Waals surface area contributed by atoms with Crippen LogP contribution in [0.5, 0.6) is 0 Å². The highest BCUT2D eigenvalue weighted by atomic mass is 16.3. The number of para-hydroxylation sites is 1. The molecule has 88 valence electrons. The molecule has 3 nitrogen and oxygen atoms in total. The van der Waals surface area contributed by atoms with Crippen LogP contribution < -0.4 is 4.90 Å². The van der Waals surface area contributed by atoms with Crippen LogP contribution in [0.1, 0.15) is 29.9 Å². The first-order chi connectivity index (χ1) is 8.38. The second kappa shape index (κ2) is 3.26. The fourth-order valence-corrected chi connectivity index (χ4v) is 3.47. The van der Waals surface area contributed by atoms with Crippen molar-refractivity contribution in [3.8, 4) is 0 Å². The molecule has 0 radical (unpaired) electrons.